The van der Waals surface area contributed by atoms with Crippen molar-refractivity contribution in [3.63, 3.8) is 0 Å². The van der Waals surface area contributed by atoms with Gasteiger partial charge in [0.1, 0.15) is 0 Å². The summed E-state index contributed by atoms with van der Waals surface area (Å²) in [6.07, 6.45) is 1.13. The Hall–Kier alpha value is -4.14. The number of non-ortho nitro benzene ring substituents is 1. The van der Waals surface area contributed by atoms with Crippen molar-refractivity contribution in [2.45, 2.75) is 32.6 Å². The summed E-state index contributed by atoms with van der Waals surface area (Å²) in [5.74, 6) is 1.38. The number of ether oxygens (including phenoxy) is 2. The van der Waals surface area contributed by atoms with Gasteiger partial charge in [0, 0.05) is 46.9 Å². The number of nitro benzene ring substituents is 1. The number of nitrogens with zero attached hydrogens (tertiary/aromatic N) is 2. The molecule has 0 radical (unpaired) electrons. The highest BCUT2D eigenvalue weighted by molar-refractivity contribution is 6.02. The molecule has 9 heteroatoms. The average Bonchev–Trinajstić information content (AvgIpc) is 3.25. The number of allylic oxidation sites excluding steroid dienone is 2. The molecular weight excluding hydrogens is 448 g/mol. The molecule has 1 aromatic heterocycles. The fourth-order valence-corrected chi connectivity index (χ4v) is 5.16. The number of benzene rings is 2. The smallest absolute Gasteiger partial charge is 0.270 e. The van der Waals surface area contributed by atoms with Gasteiger partial charge in [0.15, 0.2) is 23.1 Å². The van der Waals surface area contributed by atoms with Crippen molar-refractivity contribution in [2.24, 2.45) is 5.41 Å². The summed E-state index contributed by atoms with van der Waals surface area (Å²) in [6, 6.07) is 12.0. The van der Waals surface area contributed by atoms with Crippen molar-refractivity contribution >= 4 is 17.3 Å². The van der Waals surface area contributed by atoms with E-state index in [1.807, 2.05) is 18.2 Å². The Balaban J connectivity index is 1.74. The molecule has 2 aromatic carbocycles. The van der Waals surface area contributed by atoms with Gasteiger partial charge in [0.25, 0.3) is 5.69 Å². The number of methoxy groups -OCH3 is 2. The number of fused-ring (bicyclic) bond motifs is 1. The highest BCUT2D eigenvalue weighted by atomic mass is 16.6. The van der Waals surface area contributed by atoms with Crippen LogP contribution in [0.5, 0.6) is 11.5 Å². The quantitative estimate of drug-likeness (QED) is 0.385. The third kappa shape index (κ3) is 3.82. The Morgan fingerprint density at radius 2 is 1.86 bits per heavy atom. The van der Waals surface area contributed by atoms with E-state index < -0.39 is 10.8 Å². The minimum absolute atomic E-state index is 0.0207. The summed E-state index contributed by atoms with van der Waals surface area (Å²) in [4.78, 5) is 24.5. The minimum Gasteiger partial charge on any atom is -0.493 e. The lowest BCUT2D eigenvalue weighted by Gasteiger charge is -2.38. The fraction of sp³-hybridized carbons (Fsp3) is 0.308. The number of rotatable bonds is 5. The van der Waals surface area contributed by atoms with E-state index >= 15 is 0 Å². The standard InChI is InChI=1S/C26H26N4O5/c1-26(2)12-17-22(18(31)13-26)21(14-8-9-19(34-3)20(11-14)35-4)23-24(28-29-25(23)27-17)15-6-5-7-16(10-15)30(32)33/h5-11,21H,12-13H2,1-4H3,(H2,27,28,29)/t21-/m1/s1. The number of hydrogen-bond donors (Lipinski definition) is 2. The molecule has 2 heterocycles. The second-order valence-electron chi connectivity index (χ2n) is 9.67. The third-order valence-electron chi connectivity index (χ3n) is 6.66. The Labute approximate surface area is 202 Å². The largest absolute Gasteiger partial charge is 0.493 e. The maximum absolute atomic E-state index is 13.6. The van der Waals surface area contributed by atoms with Gasteiger partial charge in [-0.3, -0.25) is 20.0 Å². The summed E-state index contributed by atoms with van der Waals surface area (Å²) in [5, 5.41) is 22.4. The third-order valence-corrected chi connectivity index (χ3v) is 6.66. The average molecular weight is 475 g/mol. The number of anilines is 1. The number of carbonyl (C=O) groups is 1. The van der Waals surface area contributed by atoms with Gasteiger partial charge < -0.3 is 14.8 Å². The minimum atomic E-state index is -0.433. The first-order valence-electron chi connectivity index (χ1n) is 11.3. The van der Waals surface area contributed by atoms with Crippen LogP contribution in [0.1, 0.15) is 43.7 Å². The highest BCUT2D eigenvalue weighted by Gasteiger charge is 2.43. The molecule has 0 bridgehead atoms. The number of aromatic amines is 1. The van der Waals surface area contributed by atoms with Crippen LogP contribution in [-0.2, 0) is 4.79 Å². The number of aromatic nitrogens is 2. The van der Waals surface area contributed by atoms with Gasteiger partial charge in [-0.05, 0) is 29.5 Å². The van der Waals surface area contributed by atoms with E-state index in [2.05, 4.69) is 29.4 Å². The van der Waals surface area contributed by atoms with Crippen molar-refractivity contribution < 1.29 is 19.2 Å². The van der Waals surface area contributed by atoms with Crippen LogP contribution in [-0.4, -0.2) is 35.1 Å². The molecule has 2 N–H and O–H groups in total. The molecular formula is C26H26N4O5. The molecule has 9 nitrogen and oxygen atoms in total. The summed E-state index contributed by atoms with van der Waals surface area (Å²) in [6.45, 7) is 4.16. The first-order chi connectivity index (χ1) is 16.7. The van der Waals surface area contributed by atoms with Crippen LogP contribution < -0.4 is 14.8 Å². The van der Waals surface area contributed by atoms with Crippen molar-refractivity contribution in [3.05, 3.63) is 75.0 Å². The fourth-order valence-electron chi connectivity index (χ4n) is 5.16. The molecule has 1 aliphatic heterocycles. The molecule has 1 atom stereocenters. The van der Waals surface area contributed by atoms with E-state index in [1.165, 1.54) is 12.1 Å². The number of hydrogen-bond acceptors (Lipinski definition) is 7. The maximum atomic E-state index is 13.6. The second kappa shape index (κ2) is 8.26. The molecule has 180 valence electrons. The normalized spacial score (nSPS) is 18.4. The topological polar surface area (TPSA) is 119 Å². The molecule has 1 aliphatic carbocycles. The molecule has 0 saturated carbocycles. The summed E-state index contributed by atoms with van der Waals surface area (Å²) in [7, 11) is 3.14. The number of nitrogens with one attached hydrogen (secondary N) is 2. The number of nitro groups is 1. The van der Waals surface area contributed by atoms with Crippen LogP contribution in [0, 0.1) is 15.5 Å². The number of H-pyrrole nitrogens is 1. The van der Waals surface area contributed by atoms with E-state index in [4.69, 9.17) is 9.47 Å². The molecule has 0 spiro atoms. The number of Topliss-reactive ketones (excluding diaryl/α,β-unsaturated/α-hetero) is 1. The Kier molecular flexibility index (Phi) is 5.35. The van der Waals surface area contributed by atoms with Crippen molar-refractivity contribution in [1.82, 2.24) is 10.2 Å². The van der Waals surface area contributed by atoms with Gasteiger partial charge in [-0.15, -0.1) is 0 Å². The van der Waals surface area contributed by atoms with E-state index in [1.54, 1.807) is 26.4 Å². The Bertz CT molecular complexity index is 1390. The van der Waals surface area contributed by atoms with Crippen LogP contribution in [0.25, 0.3) is 11.3 Å². The number of ketones is 1. The SMILES string of the molecule is COc1ccc([C@@H]2C3=C(CC(C)(C)CC3=O)Nc3n[nH]c(-c4cccc([N+](=O)[O-])c4)c32)cc1OC. The molecule has 35 heavy (non-hydrogen) atoms. The molecule has 3 aromatic rings. The summed E-state index contributed by atoms with van der Waals surface area (Å²) < 4.78 is 11.0. The van der Waals surface area contributed by atoms with Crippen LogP contribution in [0.3, 0.4) is 0 Å². The summed E-state index contributed by atoms with van der Waals surface area (Å²) >= 11 is 0. The van der Waals surface area contributed by atoms with Crippen molar-refractivity contribution in [1.29, 1.82) is 0 Å². The van der Waals surface area contributed by atoms with Crippen LogP contribution >= 0.6 is 0 Å². The van der Waals surface area contributed by atoms with Crippen LogP contribution in [0.15, 0.2) is 53.7 Å². The lowest BCUT2D eigenvalue weighted by atomic mass is 9.69. The first kappa shape index (κ1) is 22.6. The first-order valence-corrected chi connectivity index (χ1v) is 11.3. The molecule has 0 saturated heterocycles. The Morgan fingerprint density at radius 3 is 2.57 bits per heavy atom. The van der Waals surface area contributed by atoms with E-state index in [-0.39, 0.29) is 16.9 Å². The molecule has 0 fully saturated rings. The zero-order valence-electron chi connectivity index (χ0n) is 20.0. The van der Waals surface area contributed by atoms with Gasteiger partial charge in [0.2, 0.25) is 0 Å². The van der Waals surface area contributed by atoms with Gasteiger partial charge in [-0.1, -0.05) is 32.0 Å². The van der Waals surface area contributed by atoms with Gasteiger partial charge >= 0.3 is 0 Å². The summed E-state index contributed by atoms with van der Waals surface area (Å²) in [5.41, 5.74) is 4.21. The monoisotopic (exact) mass is 474 g/mol. The lowest BCUT2D eigenvalue weighted by molar-refractivity contribution is -0.384. The van der Waals surface area contributed by atoms with Crippen LogP contribution in [0.4, 0.5) is 11.5 Å². The van der Waals surface area contributed by atoms with Crippen LogP contribution in [0.2, 0.25) is 0 Å². The van der Waals surface area contributed by atoms with Crippen molar-refractivity contribution in [3.8, 4) is 22.8 Å². The zero-order chi connectivity index (χ0) is 24.9. The van der Waals surface area contributed by atoms with E-state index in [9.17, 15) is 14.9 Å². The van der Waals surface area contributed by atoms with Gasteiger partial charge in [-0.25, -0.2) is 0 Å². The van der Waals surface area contributed by atoms with E-state index in [0.29, 0.717) is 47.0 Å². The van der Waals surface area contributed by atoms with E-state index in [0.717, 1.165) is 16.8 Å². The van der Waals surface area contributed by atoms with Gasteiger partial charge in [-0.2, -0.15) is 5.10 Å². The second-order valence-corrected chi connectivity index (χ2v) is 9.67. The molecule has 2 aliphatic rings. The lowest BCUT2D eigenvalue weighted by Crippen LogP contribution is -2.33. The maximum Gasteiger partial charge on any atom is 0.270 e. The zero-order valence-corrected chi connectivity index (χ0v) is 20.0. The molecule has 0 amide bonds. The van der Waals surface area contributed by atoms with Crippen molar-refractivity contribution in [2.75, 3.05) is 19.5 Å². The number of carbonyl (C=O) groups excluding carboxylic acids is 1. The predicted octanol–water partition coefficient (Wildman–Crippen LogP) is 5.20. The predicted molar refractivity (Wildman–Crippen MR) is 131 cm³/mol. The molecule has 5 rings (SSSR count). The molecule has 0 unspecified atom stereocenters. The Morgan fingerprint density at radius 1 is 1.09 bits per heavy atom. The van der Waals surface area contributed by atoms with Gasteiger partial charge in [0.05, 0.1) is 24.8 Å². The highest BCUT2D eigenvalue weighted by Crippen LogP contribution is 2.51.